The van der Waals surface area contributed by atoms with Gasteiger partial charge in [0.2, 0.25) is 0 Å². The van der Waals surface area contributed by atoms with E-state index in [-0.39, 0.29) is 6.03 Å². The Morgan fingerprint density at radius 1 is 1.17 bits per heavy atom. The highest BCUT2D eigenvalue weighted by Gasteiger charge is 2.09. The zero-order valence-corrected chi connectivity index (χ0v) is 14.1. The summed E-state index contributed by atoms with van der Waals surface area (Å²) in [4.78, 5) is 13.6. The second-order valence-electron chi connectivity index (χ2n) is 5.79. The summed E-state index contributed by atoms with van der Waals surface area (Å²) in [5, 5.41) is 12.1. The van der Waals surface area contributed by atoms with E-state index in [1.807, 2.05) is 54.6 Å². The van der Waals surface area contributed by atoms with Gasteiger partial charge in [0, 0.05) is 19.3 Å². The number of aliphatic hydroxyl groups excluding tert-OH is 1. The molecule has 0 aliphatic heterocycles. The summed E-state index contributed by atoms with van der Waals surface area (Å²) in [5.74, 6) is 0.828. The highest BCUT2D eigenvalue weighted by Crippen LogP contribution is 2.14. The first-order valence-corrected chi connectivity index (χ1v) is 8.01. The van der Waals surface area contributed by atoms with Crippen molar-refractivity contribution in [1.29, 1.82) is 0 Å². The molecule has 24 heavy (non-hydrogen) atoms. The van der Waals surface area contributed by atoms with Gasteiger partial charge in [0.25, 0.3) is 0 Å². The molecule has 128 valence electrons. The largest absolute Gasteiger partial charge is 0.489 e. The van der Waals surface area contributed by atoms with Gasteiger partial charge in [0.05, 0.1) is 6.10 Å². The Kier molecular flexibility index (Phi) is 6.63. The molecule has 0 bridgehead atoms. The highest BCUT2D eigenvalue weighted by atomic mass is 16.5. The molecule has 2 amide bonds. The van der Waals surface area contributed by atoms with Crippen LogP contribution in [0.2, 0.25) is 0 Å². The summed E-state index contributed by atoms with van der Waals surface area (Å²) in [6.07, 6.45) is 0.142. The lowest BCUT2D eigenvalue weighted by Gasteiger charge is -2.18. The number of urea groups is 1. The molecule has 1 atom stereocenters. The van der Waals surface area contributed by atoms with Crippen LogP contribution < -0.4 is 10.1 Å². The Balaban J connectivity index is 1.82. The van der Waals surface area contributed by atoms with E-state index in [0.717, 1.165) is 17.0 Å². The fraction of sp³-hybridized carbons (Fsp3) is 0.316. The van der Waals surface area contributed by atoms with Crippen LogP contribution in [-0.4, -0.2) is 35.7 Å². The molecule has 0 radical (unpaired) electrons. The van der Waals surface area contributed by atoms with E-state index in [9.17, 15) is 9.90 Å². The third-order valence-corrected chi connectivity index (χ3v) is 3.58. The number of amides is 2. The average Bonchev–Trinajstić information content (AvgIpc) is 2.60. The van der Waals surface area contributed by atoms with E-state index >= 15 is 0 Å². The Morgan fingerprint density at radius 3 is 2.46 bits per heavy atom. The van der Waals surface area contributed by atoms with Crippen molar-refractivity contribution in [3.8, 4) is 5.75 Å². The van der Waals surface area contributed by atoms with Crippen molar-refractivity contribution in [2.75, 3.05) is 18.9 Å². The molecule has 1 unspecified atom stereocenters. The van der Waals surface area contributed by atoms with Crippen molar-refractivity contribution in [2.24, 2.45) is 0 Å². The molecule has 2 rings (SSSR count). The topological polar surface area (TPSA) is 61.8 Å². The van der Waals surface area contributed by atoms with E-state index < -0.39 is 6.10 Å². The third-order valence-electron chi connectivity index (χ3n) is 3.58. The normalized spacial score (nSPS) is 11.6. The van der Waals surface area contributed by atoms with Crippen molar-refractivity contribution in [1.82, 2.24) is 4.90 Å². The van der Waals surface area contributed by atoms with Crippen molar-refractivity contribution in [2.45, 2.75) is 26.1 Å². The predicted molar refractivity (Wildman–Crippen MR) is 95.2 cm³/mol. The summed E-state index contributed by atoms with van der Waals surface area (Å²) >= 11 is 0. The minimum Gasteiger partial charge on any atom is -0.489 e. The minimum absolute atomic E-state index is 0.191. The lowest BCUT2D eigenvalue weighted by Crippen LogP contribution is -2.33. The average molecular weight is 328 g/mol. The maximum atomic E-state index is 12.0. The minimum atomic E-state index is -0.413. The number of carbonyl (C=O) groups excluding carboxylic acids is 1. The van der Waals surface area contributed by atoms with Gasteiger partial charge in [-0.2, -0.15) is 0 Å². The molecule has 0 aromatic heterocycles. The van der Waals surface area contributed by atoms with Crippen molar-refractivity contribution in [3.63, 3.8) is 0 Å². The number of anilines is 1. The summed E-state index contributed by atoms with van der Waals surface area (Å²) in [6.45, 7) is 2.70. The zero-order valence-electron chi connectivity index (χ0n) is 14.1. The fourth-order valence-electron chi connectivity index (χ4n) is 2.07. The van der Waals surface area contributed by atoms with Crippen molar-refractivity contribution in [3.05, 3.63) is 60.2 Å². The molecular formula is C19H24N2O3. The number of benzene rings is 2. The third kappa shape index (κ3) is 5.93. The van der Waals surface area contributed by atoms with Gasteiger partial charge in [-0.1, -0.05) is 30.3 Å². The van der Waals surface area contributed by atoms with Crippen LogP contribution in [-0.2, 0) is 6.61 Å². The quantitative estimate of drug-likeness (QED) is 0.818. The van der Waals surface area contributed by atoms with E-state index in [0.29, 0.717) is 19.6 Å². The summed E-state index contributed by atoms with van der Waals surface area (Å²) in [6, 6.07) is 17.0. The highest BCUT2D eigenvalue weighted by molar-refractivity contribution is 5.89. The van der Waals surface area contributed by atoms with Gasteiger partial charge in [-0.15, -0.1) is 0 Å². The standard InChI is InChI=1S/C19H24N2O3/c1-15(22)12-13-21(2)19(23)20-17-10-8-16(9-11-17)14-24-18-6-4-3-5-7-18/h3-11,15,22H,12-14H2,1-2H3,(H,20,23). The number of ether oxygens (including phenoxy) is 1. The number of aliphatic hydroxyl groups is 1. The monoisotopic (exact) mass is 328 g/mol. The Morgan fingerprint density at radius 2 is 1.83 bits per heavy atom. The second-order valence-corrected chi connectivity index (χ2v) is 5.79. The lowest BCUT2D eigenvalue weighted by molar-refractivity contribution is 0.167. The molecule has 0 fully saturated rings. The van der Waals surface area contributed by atoms with E-state index in [2.05, 4.69) is 5.32 Å². The molecule has 0 aliphatic rings. The summed E-state index contributed by atoms with van der Waals surface area (Å²) in [5.41, 5.74) is 1.76. The fourth-order valence-corrected chi connectivity index (χ4v) is 2.07. The van der Waals surface area contributed by atoms with Crippen LogP contribution in [0.4, 0.5) is 10.5 Å². The molecule has 0 saturated carbocycles. The van der Waals surface area contributed by atoms with Gasteiger partial charge in [-0.25, -0.2) is 4.79 Å². The number of rotatable bonds is 7. The van der Waals surface area contributed by atoms with Gasteiger partial charge >= 0.3 is 6.03 Å². The van der Waals surface area contributed by atoms with Crippen molar-refractivity contribution >= 4 is 11.7 Å². The van der Waals surface area contributed by atoms with Crippen molar-refractivity contribution < 1.29 is 14.6 Å². The maximum absolute atomic E-state index is 12.0. The molecule has 2 N–H and O–H groups in total. The number of nitrogens with zero attached hydrogens (tertiary/aromatic N) is 1. The van der Waals surface area contributed by atoms with Gasteiger partial charge in [-0.05, 0) is 43.2 Å². The maximum Gasteiger partial charge on any atom is 0.321 e. The number of hydrogen-bond acceptors (Lipinski definition) is 3. The molecule has 0 heterocycles. The molecule has 5 heteroatoms. The smallest absolute Gasteiger partial charge is 0.321 e. The van der Waals surface area contributed by atoms with Gasteiger partial charge < -0.3 is 20.1 Å². The first-order chi connectivity index (χ1) is 11.5. The Bertz CT molecular complexity index is 627. The van der Waals surface area contributed by atoms with E-state index in [4.69, 9.17) is 4.74 Å². The lowest BCUT2D eigenvalue weighted by atomic mass is 10.2. The number of hydrogen-bond donors (Lipinski definition) is 2. The Labute approximate surface area is 142 Å². The second kappa shape index (κ2) is 8.93. The summed E-state index contributed by atoms with van der Waals surface area (Å²) in [7, 11) is 1.71. The number of carbonyl (C=O) groups is 1. The van der Waals surface area contributed by atoms with Gasteiger partial charge in [0.1, 0.15) is 12.4 Å². The molecule has 2 aromatic carbocycles. The van der Waals surface area contributed by atoms with Gasteiger partial charge in [0.15, 0.2) is 0 Å². The molecule has 5 nitrogen and oxygen atoms in total. The number of para-hydroxylation sites is 1. The molecule has 0 aliphatic carbocycles. The SMILES string of the molecule is CC(O)CCN(C)C(=O)Nc1ccc(COc2ccccc2)cc1. The molecule has 2 aromatic rings. The molecular weight excluding hydrogens is 304 g/mol. The van der Waals surface area contributed by atoms with Crippen LogP contribution in [0.25, 0.3) is 0 Å². The van der Waals surface area contributed by atoms with Crippen LogP contribution in [0.5, 0.6) is 5.75 Å². The van der Waals surface area contributed by atoms with Crippen LogP contribution in [0.15, 0.2) is 54.6 Å². The number of nitrogens with one attached hydrogen (secondary N) is 1. The molecule has 0 saturated heterocycles. The first kappa shape index (κ1) is 17.8. The Hall–Kier alpha value is -2.53. The van der Waals surface area contributed by atoms with E-state index in [1.54, 1.807) is 18.9 Å². The van der Waals surface area contributed by atoms with Crippen LogP contribution in [0.1, 0.15) is 18.9 Å². The van der Waals surface area contributed by atoms with Crippen LogP contribution in [0, 0.1) is 0 Å². The summed E-state index contributed by atoms with van der Waals surface area (Å²) < 4.78 is 5.69. The molecule has 0 spiro atoms. The van der Waals surface area contributed by atoms with Crippen LogP contribution >= 0.6 is 0 Å². The zero-order chi connectivity index (χ0) is 17.4. The van der Waals surface area contributed by atoms with Gasteiger partial charge in [-0.3, -0.25) is 0 Å². The van der Waals surface area contributed by atoms with E-state index in [1.165, 1.54) is 0 Å². The first-order valence-electron chi connectivity index (χ1n) is 8.01. The van der Waals surface area contributed by atoms with Crippen LogP contribution in [0.3, 0.4) is 0 Å². The predicted octanol–water partition coefficient (Wildman–Crippen LogP) is 3.50.